The summed E-state index contributed by atoms with van der Waals surface area (Å²) < 4.78 is 76.1. The Labute approximate surface area is 432 Å². The predicted octanol–water partition coefficient (Wildman–Crippen LogP) is 13.2. The van der Waals surface area contributed by atoms with Gasteiger partial charge in [-0.15, -0.1) is 0 Å². The number of fused-ring (bicyclic) bond motifs is 2. The molecule has 0 saturated carbocycles. The number of H-pyrrole nitrogens is 1. The fraction of sp³-hybridized carbons (Fsp3) is 0.279. The van der Waals surface area contributed by atoms with Crippen molar-refractivity contribution in [2.45, 2.75) is 59.7 Å². The molecule has 0 amide bonds. The maximum Gasteiger partial charge on any atom is 0.345 e. The number of nitrogens with one attached hydrogen (secondary N) is 1. The van der Waals surface area contributed by atoms with Gasteiger partial charge in [0.05, 0.1) is 51.8 Å². The van der Waals surface area contributed by atoms with E-state index in [4.69, 9.17) is 21.1 Å². The molecule has 6 aromatic rings. The van der Waals surface area contributed by atoms with Crippen LogP contribution in [0.1, 0.15) is 75.6 Å². The summed E-state index contributed by atoms with van der Waals surface area (Å²) >= 11 is 19.4. The molecule has 27 heteroatoms. The normalized spacial score (nSPS) is 10.0. The van der Waals surface area contributed by atoms with Crippen molar-refractivity contribution in [3.63, 3.8) is 0 Å². The Kier molecular flexibility index (Phi) is 34.5. The molecule has 386 valence electrons. The smallest absolute Gasteiger partial charge is 0.345 e. The van der Waals surface area contributed by atoms with Gasteiger partial charge >= 0.3 is 16.9 Å². The van der Waals surface area contributed by atoms with Gasteiger partial charge in [-0.05, 0) is 126 Å². The Morgan fingerprint density at radius 3 is 1.74 bits per heavy atom. The fourth-order valence-electron chi connectivity index (χ4n) is 4.78. The molecule has 70 heavy (non-hydrogen) atoms. The first kappa shape index (κ1) is 67.1. The van der Waals surface area contributed by atoms with E-state index >= 15 is 0 Å². The van der Waals surface area contributed by atoms with Crippen LogP contribution in [-0.4, -0.2) is 61.9 Å². The van der Waals surface area contributed by atoms with Gasteiger partial charge in [0.15, 0.2) is 12.6 Å². The molecule has 0 fully saturated rings. The minimum Gasteiger partial charge on any atom is -0.466 e. The van der Waals surface area contributed by atoms with Crippen LogP contribution in [0, 0.1) is 50.9 Å². The van der Waals surface area contributed by atoms with Gasteiger partial charge in [-0.2, -0.15) is 0 Å². The third kappa shape index (κ3) is 28.6. The van der Waals surface area contributed by atoms with Crippen molar-refractivity contribution in [2.24, 2.45) is 0 Å². The van der Waals surface area contributed by atoms with Crippen molar-refractivity contribution in [1.29, 1.82) is 0 Å². The van der Waals surface area contributed by atoms with E-state index in [9.17, 15) is 56.7 Å². The topological polar surface area (TPSA) is 237 Å². The molecule has 2 heterocycles. The molecule has 0 aliphatic rings. The Hall–Kier alpha value is -5.01. The Bertz CT molecular complexity index is 2640. The van der Waals surface area contributed by atoms with Crippen molar-refractivity contribution in [2.75, 3.05) is 19.8 Å². The Morgan fingerprint density at radius 1 is 0.786 bits per heavy atom. The number of carbonyl (C=O) groups is 2. The van der Waals surface area contributed by atoms with Gasteiger partial charge in [0, 0.05) is 62.6 Å². The molecule has 0 spiro atoms. The molecule has 0 saturated heterocycles. The second kappa shape index (κ2) is 36.0. The SMILES string of the molecule is CCCCOC(OCCCC)c1cc(F)ccc1[N+](=O)[O-].CCOC(C)=O.Fc1ccc2nc(Cl)ncc2c1.O=Cc1cc(F)ccc1[N+](=O)[O-].O=P(Cl)(Cl)Cl.O=c1ncc2cc(F)ccc2[nH]1.[CH3-].[Pd]. The number of nitrogens with zero attached hydrogens (tertiary/aromatic N) is 5. The zero-order valence-corrected chi connectivity index (χ0v) is 43.2. The first-order valence-electron chi connectivity index (χ1n) is 19.6. The summed E-state index contributed by atoms with van der Waals surface area (Å²) in [7, 11) is 0. The number of benzene rings is 4. The largest absolute Gasteiger partial charge is 0.466 e. The number of unbranched alkanes of at least 4 members (excludes halogenated alkanes) is 2. The van der Waals surface area contributed by atoms with Gasteiger partial charge in [-0.25, -0.2) is 37.3 Å². The van der Waals surface area contributed by atoms with Crippen molar-refractivity contribution >= 4 is 96.0 Å². The monoisotopic (exact) mass is 1180 g/mol. The molecular weight excluding hydrogens is 1130 g/mol. The van der Waals surface area contributed by atoms with Gasteiger partial charge in [-0.1, -0.05) is 26.7 Å². The van der Waals surface area contributed by atoms with Crippen molar-refractivity contribution in [1.82, 2.24) is 19.9 Å². The van der Waals surface area contributed by atoms with E-state index in [0.29, 0.717) is 41.6 Å². The third-order valence-electron chi connectivity index (χ3n) is 7.72. The summed E-state index contributed by atoms with van der Waals surface area (Å²) in [6, 6.07) is 14.4. The van der Waals surface area contributed by atoms with Gasteiger partial charge in [0.1, 0.15) is 23.3 Å². The van der Waals surface area contributed by atoms with Crippen molar-refractivity contribution in [3.8, 4) is 0 Å². The number of aromatic amines is 1. The van der Waals surface area contributed by atoms with E-state index < -0.39 is 38.7 Å². The molecule has 2 aromatic heterocycles. The second-order valence-corrected chi connectivity index (χ2v) is 19.9. The van der Waals surface area contributed by atoms with Crippen LogP contribution in [-0.2, 0) is 44.0 Å². The number of aromatic nitrogens is 4. The van der Waals surface area contributed by atoms with E-state index in [1.165, 1.54) is 49.6 Å². The Morgan fingerprint density at radius 2 is 1.26 bits per heavy atom. The number of hydrogen-bond acceptors (Lipinski definition) is 14. The van der Waals surface area contributed by atoms with E-state index in [2.05, 4.69) is 58.4 Å². The molecule has 0 aliphatic carbocycles. The first-order chi connectivity index (χ1) is 32.0. The van der Waals surface area contributed by atoms with Gasteiger partial charge < -0.3 is 26.6 Å². The molecule has 0 bridgehead atoms. The minimum absolute atomic E-state index is 0. The molecular formula is C43H46Cl4F4N6O11PPd-. The maximum atomic E-state index is 13.4. The average molecular weight is 1180 g/mol. The number of halogens is 8. The van der Waals surface area contributed by atoms with Crippen molar-refractivity contribution < 1.29 is 76.2 Å². The molecule has 6 rings (SSSR count). The molecule has 17 nitrogen and oxygen atoms in total. The predicted molar refractivity (Wildman–Crippen MR) is 257 cm³/mol. The zero-order valence-electron chi connectivity index (χ0n) is 37.7. The quantitative estimate of drug-likeness (QED) is 0.00968. The van der Waals surface area contributed by atoms with Crippen LogP contribution in [0.25, 0.3) is 21.8 Å². The number of nitro groups is 2. The Balaban J connectivity index is 0. The number of aldehydes is 1. The van der Waals surface area contributed by atoms with E-state index in [-0.39, 0.29) is 79.5 Å². The zero-order chi connectivity index (χ0) is 51.4. The van der Waals surface area contributed by atoms with Crippen LogP contribution in [0.5, 0.6) is 0 Å². The maximum absolute atomic E-state index is 13.4. The molecule has 0 radical (unpaired) electrons. The number of esters is 1. The van der Waals surface area contributed by atoms with E-state index in [1.807, 2.05) is 13.8 Å². The summed E-state index contributed by atoms with van der Waals surface area (Å²) in [6.07, 6.45) is 5.69. The summed E-state index contributed by atoms with van der Waals surface area (Å²) in [5, 5.41) is 19.5. The van der Waals surface area contributed by atoms with Gasteiger partial charge in [0.2, 0.25) is 5.28 Å². The number of carbonyl (C=O) groups excluding carboxylic acids is 2. The molecule has 0 aliphatic heterocycles. The standard InChI is InChI=1S/C15H22FNO4.C8H4ClFN2.C8H5FN2O.C7H4FNO3.C4H8O2.CH3.Cl3OP.Pd/c1-3-5-9-20-15(21-10-6-4-2)13-11-12(16)7-8-14(13)17(18)19;9-8-11-4-5-3-6(10)1-2-7(5)12-8;9-6-1-2-7-5(3-6)4-10-8(12)11-7;8-6-1-2-7(9(11)12)5(3-6)4-10;1-3-6-4(2)5;;1-5(2,3)4;/h7-8,11,15H,3-6,9-10H2,1-2H3;1-4H;1-4H,(H,10,11,12);1-4H;3H2,1-2H3;1H3;;/q;;;;;-1;;. The van der Waals surface area contributed by atoms with Crippen LogP contribution in [0.4, 0.5) is 28.9 Å². The fourth-order valence-corrected chi connectivity index (χ4v) is 4.92. The van der Waals surface area contributed by atoms with Crippen LogP contribution >= 0.6 is 50.5 Å². The number of rotatable bonds is 13. The third-order valence-corrected chi connectivity index (χ3v) is 7.91. The first-order valence-corrected chi connectivity index (χ1v) is 24.4. The van der Waals surface area contributed by atoms with Crippen LogP contribution < -0.4 is 5.69 Å². The van der Waals surface area contributed by atoms with E-state index in [0.717, 1.165) is 62.1 Å². The summed E-state index contributed by atoms with van der Waals surface area (Å²) in [5.41, 5.74) is 0.134. The van der Waals surface area contributed by atoms with Crippen molar-refractivity contribution in [3.05, 3.63) is 163 Å². The molecule has 4 aromatic carbocycles. The van der Waals surface area contributed by atoms with Crippen LogP contribution in [0.3, 0.4) is 0 Å². The number of nitro benzene ring substituents is 2. The second-order valence-electron chi connectivity index (χ2n) is 12.9. The van der Waals surface area contributed by atoms with E-state index in [1.54, 1.807) is 13.0 Å². The number of ether oxygens (including phenoxy) is 3. The summed E-state index contributed by atoms with van der Waals surface area (Å²) in [4.78, 5) is 64.3. The molecule has 0 atom stereocenters. The minimum atomic E-state index is -3.22. The molecule has 0 unspecified atom stereocenters. The van der Waals surface area contributed by atoms with Crippen LogP contribution in [0.15, 0.2) is 90.0 Å². The van der Waals surface area contributed by atoms with Gasteiger partial charge in [-0.3, -0.25) is 34.4 Å². The summed E-state index contributed by atoms with van der Waals surface area (Å²) in [6.45, 7) is 8.52. The summed E-state index contributed by atoms with van der Waals surface area (Å²) in [5.74, 6) is -2.05. The molecule has 1 N–H and O–H groups in total. The average Bonchev–Trinajstić information content (AvgIpc) is 3.26. The van der Waals surface area contributed by atoms with Gasteiger partial charge in [0.25, 0.3) is 11.4 Å². The van der Waals surface area contributed by atoms with Crippen LogP contribution in [0.2, 0.25) is 5.28 Å². The number of hydrogen-bond donors (Lipinski definition) is 1.